The third-order valence-electron chi connectivity index (χ3n) is 5.26. The highest BCUT2D eigenvalue weighted by Gasteiger charge is 2.49. The zero-order valence-electron chi connectivity index (χ0n) is 18.3. The molecular formula is C24H27F2N3O4. The molecule has 176 valence electrons. The second-order valence-corrected chi connectivity index (χ2v) is 7.60. The molecule has 0 unspecified atom stereocenters. The molecule has 0 bridgehead atoms. The molecule has 0 spiro atoms. The van der Waals surface area contributed by atoms with Gasteiger partial charge in [0.25, 0.3) is 5.91 Å². The first-order valence-corrected chi connectivity index (χ1v) is 10.6. The van der Waals surface area contributed by atoms with Crippen molar-refractivity contribution >= 4 is 11.8 Å². The molecule has 0 radical (unpaired) electrons. The molecule has 2 aromatic carbocycles. The summed E-state index contributed by atoms with van der Waals surface area (Å²) >= 11 is 0. The lowest BCUT2D eigenvalue weighted by Crippen LogP contribution is -2.54. The number of nitrogens with one attached hydrogen (secondary N) is 2. The minimum Gasteiger partial charge on any atom is -0.494 e. The molecule has 2 atom stereocenters. The Labute approximate surface area is 191 Å². The van der Waals surface area contributed by atoms with E-state index in [1.807, 2.05) is 0 Å². The Morgan fingerprint density at radius 2 is 2.03 bits per heavy atom. The van der Waals surface area contributed by atoms with Gasteiger partial charge in [0.2, 0.25) is 5.90 Å². The van der Waals surface area contributed by atoms with Crippen LogP contribution in [0.4, 0.5) is 8.78 Å². The van der Waals surface area contributed by atoms with Crippen molar-refractivity contribution in [3.05, 3.63) is 77.9 Å². The summed E-state index contributed by atoms with van der Waals surface area (Å²) in [5.74, 6) is -1.36. The number of benzene rings is 2. The third-order valence-corrected chi connectivity index (χ3v) is 5.26. The second kappa shape index (κ2) is 11.0. The molecule has 0 saturated heterocycles. The summed E-state index contributed by atoms with van der Waals surface area (Å²) in [5.41, 5.74) is 5.24. The summed E-state index contributed by atoms with van der Waals surface area (Å²) in [6, 6.07) is 10.6. The molecule has 9 heteroatoms. The summed E-state index contributed by atoms with van der Waals surface area (Å²) in [6.07, 6.45) is 1.80. The summed E-state index contributed by atoms with van der Waals surface area (Å²) < 4.78 is 37.9. The van der Waals surface area contributed by atoms with E-state index in [4.69, 9.17) is 14.6 Å². The van der Waals surface area contributed by atoms with Crippen LogP contribution >= 0.6 is 0 Å². The van der Waals surface area contributed by atoms with Gasteiger partial charge in [-0.15, -0.1) is 6.58 Å². The standard InChI is InChI=1S/C24H27F2N3O4/c1-3-11-24(23(31)29-27-15-17-5-10-20(25)21(26)14-17)16(2)33-22(28-24)18-6-8-19(9-7-18)32-13-4-12-30/h3,5-10,14,16,27,30H,1,4,11-13,15H2,2H3,(H,29,31)/t16-,24-/m0/s1. The summed E-state index contributed by atoms with van der Waals surface area (Å²) in [6.45, 7) is 6.05. The van der Waals surface area contributed by atoms with Gasteiger partial charge < -0.3 is 14.6 Å². The highest BCUT2D eigenvalue weighted by Crippen LogP contribution is 2.32. The van der Waals surface area contributed by atoms with Crippen molar-refractivity contribution in [3.8, 4) is 5.75 Å². The van der Waals surface area contributed by atoms with Gasteiger partial charge in [-0.3, -0.25) is 10.2 Å². The lowest BCUT2D eigenvalue weighted by atomic mass is 9.90. The SMILES string of the molecule is C=CC[C@]1(C(=O)NNCc2ccc(F)c(F)c2)N=C(c2ccc(OCCCO)cc2)O[C@H]1C. The minimum absolute atomic E-state index is 0.0592. The van der Waals surface area contributed by atoms with E-state index in [9.17, 15) is 13.6 Å². The van der Waals surface area contributed by atoms with Gasteiger partial charge in [0.15, 0.2) is 17.2 Å². The van der Waals surface area contributed by atoms with Crippen LogP contribution in [-0.2, 0) is 16.1 Å². The van der Waals surface area contributed by atoms with Crippen molar-refractivity contribution in [1.82, 2.24) is 10.9 Å². The average Bonchev–Trinajstić information content (AvgIpc) is 3.14. The number of aliphatic hydroxyl groups excluding tert-OH is 1. The van der Waals surface area contributed by atoms with Gasteiger partial charge >= 0.3 is 0 Å². The number of hydrazine groups is 1. The maximum atomic E-state index is 13.4. The molecule has 0 aromatic heterocycles. The number of halogens is 2. The van der Waals surface area contributed by atoms with Crippen LogP contribution < -0.4 is 15.6 Å². The molecule has 0 fully saturated rings. The molecule has 7 nitrogen and oxygen atoms in total. The van der Waals surface area contributed by atoms with Crippen molar-refractivity contribution in [2.45, 2.75) is 38.0 Å². The number of rotatable bonds is 11. The molecule has 33 heavy (non-hydrogen) atoms. The van der Waals surface area contributed by atoms with Crippen LogP contribution in [0.3, 0.4) is 0 Å². The van der Waals surface area contributed by atoms with Gasteiger partial charge in [-0.25, -0.2) is 19.2 Å². The molecule has 1 heterocycles. The Kier molecular flexibility index (Phi) is 8.13. The lowest BCUT2D eigenvalue weighted by molar-refractivity contribution is -0.129. The number of ether oxygens (including phenoxy) is 2. The Morgan fingerprint density at radius 1 is 1.27 bits per heavy atom. The Hall–Kier alpha value is -3.30. The van der Waals surface area contributed by atoms with Crippen LogP contribution in [-0.4, -0.2) is 41.8 Å². The number of carbonyl (C=O) groups excluding carboxylic acids is 1. The van der Waals surface area contributed by atoms with Gasteiger partial charge in [-0.05, 0) is 48.9 Å². The van der Waals surface area contributed by atoms with Crippen LogP contribution in [0.5, 0.6) is 5.75 Å². The monoisotopic (exact) mass is 459 g/mol. The van der Waals surface area contributed by atoms with Crippen molar-refractivity contribution in [2.75, 3.05) is 13.2 Å². The van der Waals surface area contributed by atoms with E-state index in [0.29, 0.717) is 35.8 Å². The fraction of sp³-hybridized carbons (Fsp3) is 0.333. The van der Waals surface area contributed by atoms with E-state index < -0.39 is 29.2 Å². The zero-order valence-corrected chi connectivity index (χ0v) is 18.3. The van der Waals surface area contributed by atoms with E-state index in [1.165, 1.54) is 6.07 Å². The largest absolute Gasteiger partial charge is 0.494 e. The predicted molar refractivity (Wildman–Crippen MR) is 120 cm³/mol. The molecule has 1 amide bonds. The van der Waals surface area contributed by atoms with Crippen molar-refractivity contribution in [1.29, 1.82) is 0 Å². The van der Waals surface area contributed by atoms with Crippen LogP contribution in [0.25, 0.3) is 0 Å². The Balaban J connectivity index is 1.69. The topological polar surface area (TPSA) is 92.2 Å². The van der Waals surface area contributed by atoms with E-state index in [0.717, 1.165) is 12.1 Å². The number of nitrogens with zero attached hydrogens (tertiary/aromatic N) is 1. The first-order chi connectivity index (χ1) is 15.9. The van der Waals surface area contributed by atoms with E-state index >= 15 is 0 Å². The normalized spacial score (nSPS) is 19.5. The van der Waals surface area contributed by atoms with Crippen LogP contribution in [0, 0.1) is 11.6 Å². The highest BCUT2D eigenvalue weighted by atomic mass is 19.2. The molecule has 1 aliphatic heterocycles. The predicted octanol–water partition coefficient (Wildman–Crippen LogP) is 3.03. The zero-order chi connectivity index (χ0) is 23.8. The maximum Gasteiger partial charge on any atom is 0.266 e. The number of aliphatic imine (C=N–C) groups is 1. The summed E-state index contributed by atoms with van der Waals surface area (Å²) in [7, 11) is 0. The van der Waals surface area contributed by atoms with Crippen molar-refractivity contribution in [2.24, 2.45) is 4.99 Å². The molecule has 0 saturated carbocycles. The van der Waals surface area contributed by atoms with Crippen LogP contribution in [0.15, 0.2) is 60.1 Å². The van der Waals surface area contributed by atoms with Crippen molar-refractivity contribution in [3.63, 3.8) is 0 Å². The first kappa shape index (κ1) is 24.3. The number of carbonyl (C=O) groups is 1. The summed E-state index contributed by atoms with van der Waals surface area (Å²) in [5, 5.41) is 8.84. The summed E-state index contributed by atoms with van der Waals surface area (Å²) in [4.78, 5) is 17.7. The van der Waals surface area contributed by atoms with Gasteiger partial charge in [0, 0.05) is 31.6 Å². The maximum absolute atomic E-state index is 13.4. The number of hydrogen-bond donors (Lipinski definition) is 3. The van der Waals surface area contributed by atoms with Gasteiger partial charge in [-0.2, -0.15) is 0 Å². The molecule has 0 aliphatic carbocycles. The van der Waals surface area contributed by atoms with E-state index in [-0.39, 0.29) is 19.6 Å². The minimum atomic E-state index is -1.24. The van der Waals surface area contributed by atoms with Crippen molar-refractivity contribution < 1.29 is 28.2 Å². The Morgan fingerprint density at radius 3 is 2.70 bits per heavy atom. The third kappa shape index (κ3) is 5.74. The van der Waals surface area contributed by atoms with Gasteiger partial charge in [0.05, 0.1) is 6.61 Å². The fourth-order valence-electron chi connectivity index (χ4n) is 3.39. The molecule has 3 N–H and O–H groups in total. The fourth-order valence-corrected chi connectivity index (χ4v) is 3.39. The first-order valence-electron chi connectivity index (χ1n) is 10.6. The quantitative estimate of drug-likeness (QED) is 0.273. The van der Waals surface area contributed by atoms with Gasteiger partial charge in [-0.1, -0.05) is 12.1 Å². The molecule has 2 aromatic rings. The number of amides is 1. The van der Waals surface area contributed by atoms with Gasteiger partial charge in [0.1, 0.15) is 11.9 Å². The van der Waals surface area contributed by atoms with E-state index in [2.05, 4.69) is 22.4 Å². The Bertz CT molecular complexity index is 1010. The molecule has 1 aliphatic rings. The number of hydrogen-bond acceptors (Lipinski definition) is 6. The smallest absolute Gasteiger partial charge is 0.266 e. The molecular weight excluding hydrogens is 432 g/mol. The number of aliphatic hydroxyl groups is 1. The van der Waals surface area contributed by atoms with E-state index in [1.54, 1.807) is 37.3 Å². The van der Waals surface area contributed by atoms with Crippen LogP contribution in [0.1, 0.15) is 30.9 Å². The lowest BCUT2D eigenvalue weighted by Gasteiger charge is -2.26. The second-order valence-electron chi connectivity index (χ2n) is 7.60. The highest BCUT2D eigenvalue weighted by molar-refractivity contribution is 6.00. The molecule has 3 rings (SSSR count). The van der Waals surface area contributed by atoms with Crippen LogP contribution in [0.2, 0.25) is 0 Å². The average molecular weight is 459 g/mol.